The molecule has 4 rings (SSSR count). The lowest BCUT2D eigenvalue weighted by Crippen LogP contribution is -2.21. The molecule has 1 atom stereocenters. The SMILES string of the molecule is Cn1cc(CC2CCN(c3ccc(C(=O)c4nccn4C)cc3[N+](=O)[O-])C2)cn1. The Morgan fingerprint density at radius 3 is 2.83 bits per heavy atom. The molecule has 9 nitrogen and oxygen atoms in total. The van der Waals surface area contributed by atoms with Gasteiger partial charge >= 0.3 is 0 Å². The fraction of sp³-hybridized carbons (Fsp3) is 0.350. The zero-order valence-corrected chi connectivity index (χ0v) is 16.4. The Hall–Kier alpha value is -3.49. The second-order valence-electron chi connectivity index (χ2n) is 7.48. The molecular weight excluding hydrogens is 372 g/mol. The van der Waals surface area contributed by atoms with Crippen LogP contribution in [0.4, 0.5) is 11.4 Å². The van der Waals surface area contributed by atoms with Crippen molar-refractivity contribution in [3.63, 3.8) is 0 Å². The van der Waals surface area contributed by atoms with Gasteiger partial charge in [0.1, 0.15) is 5.69 Å². The maximum absolute atomic E-state index is 12.7. The predicted molar refractivity (Wildman–Crippen MR) is 107 cm³/mol. The summed E-state index contributed by atoms with van der Waals surface area (Å²) in [5.74, 6) is 0.334. The summed E-state index contributed by atoms with van der Waals surface area (Å²) in [5.41, 5.74) is 1.94. The van der Waals surface area contributed by atoms with Crippen molar-refractivity contribution < 1.29 is 9.72 Å². The summed E-state index contributed by atoms with van der Waals surface area (Å²) >= 11 is 0. The molecule has 0 N–H and O–H groups in total. The number of aryl methyl sites for hydroxylation is 2. The summed E-state index contributed by atoms with van der Waals surface area (Å²) in [7, 11) is 3.61. The molecule has 3 aromatic rings. The van der Waals surface area contributed by atoms with Crippen LogP contribution in [0, 0.1) is 16.0 Å². The number of anilines is 1. The van der Waals surface area contributed by atoms with Gasteiger partial charge in [-0.05, 0) is 36.5 Å². The van der Waals surface area contributed by atoms with Crippen molar-refractivity contribution >= 4 is 17.2 Å². The van der Waals surface area contributed by atoms with Crippen LogP contribution in [0.3, 0.4) is 0 Å². The summed E-state index contributed by atoms with van der Waals surface area (Å²) in [6.07, 6.45) is 8.92. The molecular formula is C20H22N6O3. The average molecular weight is 394 g/mol. The largest absolute Gasteiger partial charge is 0.366 e. The molecule has 0 radical (unpaired) electrons. The van der Waals surface area contributed by atoms with Gasteiger partial charge in [0.2, 0.25) is 5.78 Å². The molecule has 0 aliphatic carbocycles. The summed E-state index contributed by atoms with van der Waals surface area (Å²) in [6, 6.07) is 4.69. The number of nitro groups is 1. The van der Waals surface area contributed by atoms with E-state index in [1.54, 1.807) is 34.6 Å². The van der Waals surface area contributed by atoms with Crippen molar-refractivity contribution in [1.29, 1.82) is 0 Å². The number of carbonyl (C=O) groups is 1. The molecule has 0 saturated carbocycles. The summed E-state index contributed by atoms with van der Waals surface area (Å²) in [4.78, 5) is 30.0. The maximum Gasteiger partial charge on any atom is 0.293 e. The molecule has 9 heteroatoms. The van der Waals surface area contributed by atoms with Crippen LogP contribution >= 0.6 is 0 Å². The van der Waals surface area contributed by atoms with Crippen molar-refractivity contribution in [2.24, 2.45) is 20.0 Å². The molecule has 1 unspecified atom stereocenters. The Morgan fingerprint density at radius 2 is 2.17 bits per heavy atom. The number of benzene rings is 1. The van der Waals surface area contributed by atoms with E-state index >= 15 is 0 Å². The van der Waals surface area contributed by atoms with Gasteiger partial charge in [0.25, 0.3) is 5.69 Å². The quantitative estimate of drug-likeness (QED) is 0.362. The van der Waals surface area contributed by atoms with E-state index in [-0.39, 0.29) is 22.9 Å². The highest BCUT2D eigenvalue weighted by Crippen LogP contribution is 2.34. The van der Waals surface area contributed by atoms with Gasteiger partial charge in [0.05, 0.1) is 11.1 Å². The molecule has 0 bridgehead atoms. The first-order valence-electron chi connectivity index (χ1n) is 9.45. The third kappa shape index (κ3) is 3.75. The van der Waals surface area contributed by atoms with Gasteiger partial charge in [-0.2, -0.15) is 5.10 Å². The maximum atomic E-state index is 12.7. The van der Waals surface area contributed by atoms with Crippen LogP contribution in [0.25, 0.3) is 0 Å². The lowest BCUT2D eigenvalue weighted by atomic mass is 10.0. The standard InChI is InChI=1S/C20H22N6O3/c1-23-8-6-21-20(23)19(27)16-3-4-17(18(10-16)26(28)29)25-7-5-14(13-25)9-15-11-22-24(2)12-15/h3-4,6,8,10-12,14H,5,7,9,13H2,1-2H3. The highest BCUT2D eigenvalue weighted by atomic mass is 16.6. The molecule has 0 amide bonds. The van der Waals surface area contributed by atoms with Crippen molar-refractivity contribution in [1.82, 2.24) is 19.3 Å². The summed E-state index contributed by atoms with van der Waals surface area (Å²) in [6.45, 7) is 1.49. The minimum absolute atomic E-state index is 0.0490. The molecule has 0 spiro atoms. The first-order chi connectivity index (χ1) is 13.9. The van der Waals surface area contributed by atoms with Gasteiger partial charge in [-0.1, -0.05) is 0 Å². The van der Waals surface area contributed by atoms with Gasteiger partial charge in [-0.15, -0.1) is 0 Å². The fourth-order valence-electron chi connectivity index (χ4n) is 3.92. The van der Waals surface area contributed by atoms with Crippen LogP contribution < -0.4 is 4.90 Å². The van der Waals surface area contributed by atoms with Crippen molar-refractivity contribution in [2.45, 2.75) is 12.8 Å². The van der Waals surface area contributed by atoms with Crippen molar-refractivity contribution in [2.75, 3.05) is 18.0 Å². The van der Waals surface area contributed by atoms with Crippen LogP contribution in [0.2, 0.25) is 0 Å². The second-order valence-corrected chi connectivity index (χ2v) is 7.48. The Bertz CT molecular complexity index is 1070. The molecule has 1 aliphatic heterocycles. The van der Waals surface area contributed by atoms with E-state index in [1.807, 2.05) is 24.3 Å². The van der Waals surface area contributed by atoms with E-state index < -0.39 is 4.92 Å². The third-order valence-electron chi connectivity index (χ3n) is 5.37. The average Bonchev–Trinajstić information content (AvgIpc) is 3.43. The molecule has 1 aliphatic rings. The van der Waals surface area contributed by atoms with E-state index in [4.69, 9.17) is 0 Å². The number of hydrogen-bond acceptors (Lipinski definition) is 6. The van der Waals surface area contributed by atoms with Gasteiger partial charge in [-0.25, -0.2) is 4.98 Å². The van der Waals surface area contributed by atoms with Crippen LogP contribution in [0.1, 0.15) is 28.2 Å². The van der Waals surface area contributed by atoms with Crippen LogP contribution in [-0.4, -0.2) is 43.1 Å². The molecule has 2 aromatic heterocycles. The predicted octanol–water partition coefficient (Wildman–Crippen LogP) is 2.36. The molecule has 1 aromatic carbocycles. The van der Waals surface area contributed by atoms with E-state index in [2.05, 4.69) is 10.1 Å². The van der Waals surface area contributed by atoms with E-state index in [0.29, 0.717) is 11.6 Å². The number of hydrogen-bond donors (Lipinski definition) is 0. The fourth-order valence-corrected chi connectivity index (χ4v) is 3.92. The van der Waals surface area contributed by atoms with Crippen LogP contribution in [0.15, 0.2) is 43.0 Å². The molecule has 3 heterocycles. The number of rotatable bonds is 6. The zero-order chi connectivity index (χ0) is 20.5. The smallest absolute Gasteiger partial charge is 0.293 e. The lowest BCUT2D eigenvalue weighted by Gasteiger charge is -2.19. The molecule has 1 fully saturated rings. The normalized spacial score (nSPS) is 16.3. The Balaban J connectivity index is 1.55. The molecule has 29 heavy (non-hydrogen) atoms. The highest BCUT2D eigenvalue weighted by Gasteiger charge is 2.29. The number of carbonyl (C=O) groups excluding carboxylic acids is 1. The zero-order valence-electron chi connectivity index (χ0n) is 16.4. The van der Waals surface area contributed by atoms with Gasteiger partial charge in [0.15, 0.2) is 5.82 Å². The summed E-state index contributed by atoms with van der Waals surface area (Å²) < 4.78 is 3.38. The van der Waals surface area contributed by atoms with Crippen molar-refractivity contribution in [3.05, 3.63) is 70.1 Å². The van der Waals surface area contributed by atoms with Gasteiger partial charge < -0.3 is 9.47 Å². The van der Waals surface area contributed by atoms with Gasteiger partial charge in [0, 0.05) is 57.4 Å². The number of nitrogens with zero attached hydrogens (tertiary/aromatic N) is 6. The Kier molecular flexibility index (Phi) is 4.87. The Morgan fingerprint density at radius 1 is 1.34 bits per heavy atom. The topological polar surface area (TPSA) is 99.1 Å². The van der Waals surface area contributed by atoms with E-state index in [1.165, 1.54) is 17.8 Å². The second kappa shape index (κ2) is 7.50. The molecule has 150 valence electrons. The summed E-state index contributed by atoms with van der Waals surface area (Å²) in [5, 5.41) is 15.9. The molecule has 1 saturated heterocycles. The highest BCUT2D eigenvalue weighted by molar-refractivity contribution is 6.07. The van der Waals surface area contributed by atoms with Crippen LogP contribution in [-0.2, 0) is 20.5 Å². The minimum atomic E-state index is -0.418. The third-order valence-corrected chi connectivity index (χ3v) is 5.37. The van der Waals surface area contributed by atoms with Crippen molar-refractivity contribution in [3.8, 4) is 0 Å². The lowest BCUT2D eigenvalue weighted by molar-refractivity contribution is -0.384. The number of ketones is 1. The first kappa shape index (κ1) is 18.9. The number of nitro benzene ring substituents is 1. The van der Waals surface area contributed by atoms with Crippen LogP contribution in [0.5, 0.6) is 0 Å². The monoisotopic (exact) mass is 394 g/mol. The minimum Gasteiger partial charge on any atom is -0.366 e. The number of imidazole rings is 1. The first-order valence-corrected chi connectivity index (χ1v) is 9.45. The van der Waals surface area contributed by atoms with E-state index in [9.17, 15) is 14.9 Å². The van der Waals surface area contributed by atoms with E-state index in [0.717, 1.165) is 25.9 Å². The number of aromatic nitrogens is 4. The van der Waals surface area contributed by atoms with Gasteiger partial charge in [-0.3, -0.25) is 19.6 Å². The Labute approximate surface area is 167 Å².